The van der Waals surface area contributed by atoms with Gasteiger partial charge in [0.1, 0.15) is 18.1 Å². The van der Waals surface area contributed by atoms with Gasteiger partial charge in [0, 0.05) is 71.8 Å². The van der Waals surface area contributed by atoms with Gasteiger partial charge in [0.25, 0.3) is 0 Å². The Hall–Kier alpha value is -7.26. The highest BCUT2D eigenvalue weighted by atomic mass is 16.6. The van der Waals surface area contributed by atoms with Gasteiger partial charge in [-0.25, -0.2) is 4.79 Å². The lowest BCUT2D eigenvalue weighted by Crippen LogP contribution is -2.60. The van der Waals surface area contributed by atoms with Crippen LogP contribution in [-0.2, 0) is 79.7 Å². The number of benzene rings is 3. The minimum absolute atomic E-state index is 0.00385. The number of aliphatic carboxylic acids is 1. The largest absolute Gasteiger partial charge is 0.480 e. The fourth-order valence-corrected chi connectivity index (χ4v) is 11.7. The molecule has 3 aromatic carbocycles. The molecule has 3 aromatic rings. The Kier molecular flexibility index (Phi) is 31.6. The van der Waals surface area contributed by atoms with Crippen molar-refractivity contribution in [1.82, 2.24) is 30.7 Å². The van der Waals surface area contributed by atoms with Gasteiger partial charge in [0.15, 0.2) is 0 Å². The van der Waals surface area contributed by atoms with Crippen LogP contribution in [0.3, 0.4) is 0 Å². The fraction of sp³-hybridized carbons (Fsp3) is 0.594. The lowest BCUT2D eigenvalue weighted by Gasteiger charge is -2.41. The molecule has 4 N–H and O–H groups in total. The number of likely N-dealkylation sites (N-methyl/N-ethyl adjacent to an activating group) is 2. The van der Waals surface area contributed by atoms with Crippen LogP contribution in [0.4, 0.5) is 5.69 Å². The average molecular weight is 1270 g/mol. The first-order valence-corrected chi connectivity index (χ1v) is 31.9. The zero-order valence-corrected chi connectivity index (χ0v) is 55.2. The molecular weight excluding hydrogens is 1170 g/mol. The zero-order valence-electron chi connectivity index (χ0n) is 55.2. The van der Waals surface area contributed by atoms with Gasteiger partial charge in [-0.2, -0.15) is 0 Å². The van der Waals surface area contributed by atoms with Crippen LogP contribution in [0.25, 0.3) is 0 Å². The number of rotatable bonds is 39. The SMILES string of the molecule is CC[C@H](C)[C@@H](C(CC(=O)N1CCC[C@H]1[C@H](OC)[C@@H](C)C(=O)N[C@@H](Cc1ccccc1)C(=O)O)OC)N(C)C(=O)C(NC(=O)[C@H](C(C)C)N(C)C(=O)CCOCCOCCOCCOCCNC(=O)CCC(=O)N1Cc2ccccc2C#Cc2ccccc21)C(C)C. The smallest absolute Gasteiger partial charge is 0.326 e. The van der Waals surface area contributed by atoms with Crippen LogP contribution < -0.4 is 20.9 Å². The molecule has 2 aliphatic rings. The van der Waals surface area contributed by atoms with Gasteiger partial charge in [-0.15, -0.1) is 0 Å². The standard InChI is InChI=1S/C69H99N7O15/c1-12-48(6)64(57(86-10)44-61(80)75-34-20-27-56(75)65(87-11)49(7)66(81)71-54(69(84)85)43-50-21-14-13-15-22-50)74(9)68(83)62(46(2)3)72-67(82)63(47(4)5)73(8)59(78)32-35-88-37-39-90-41-42-91-40-38-89-36-33-70-58(77)30-31-60(79)76-45-53-25-17-16-23-51(53)28-29-52-24-18-19-26-55(52)76/h13-19,21-26,46-49,54,56-57,62-65H,12,20,27,30-45H2,1-11H3,(H,70,77)(H,71,81)(H,72,82)(H,84,85)/t48-,49+,54-,56-,57?,62?,63-,64-,65+/m0/s1. The third kappa shape index (κ3) is 22.5. The van der Waals surface area contributed by atoms with Crippen LogP contribution in [-0.4, -0.2) is 204 Å². The molecule has 91 heavy (non-hydrogen) atoms. The molecule has 22 heteroatoms. The lowest BCUT2D eigenvalue weighted by molar-refractivity contribution is -0.149. The topological polar surface area (TPSA) is 261 Å². The van der Waals surface area contributed by atoms with Gasteiger partial charge < -0.3 is 69.1 Å². The second-order valence-corrected chi connectivity index (χ2v) is 24.1. The van der Waals surface area contributed by atoms with Crippen molar-refractivity contribution in [1.29, 1.82) is 0 Å². The molecule has 9 atom stereocenters. The summed E-state index contributed by atoms with van der Waals surface area (Å²) in [4.78, 5) is 115. The quantitative estimate of drug-likeness (QED) is 0.0398. The van der Waals surface area contributed by atoms with Gasteiger partial charge in [-0.05, 0) is 59.9 Å². The molecule has 5 rings (SSSR count). The third-order valence-corrected chi connectivity index (χ3v) is 17.0. The molecule has 0 aliphatic carbocycles. The van der Waals surface area contributed by atoms with Crippen molar-refractivity contribution >= 4 is 53.0 Å². The molecule has 0 radical (unpaired) electrons. The number of fused-ring (bicyclic) bond motifs is 2. The van der Waals surface area contributed by atoms with Crippen molar-refractivity contribution in [2.75, 3.05) is 99.2 Å². The van der Waals surface area contributed by atoms with E-state index >= 15 is 0 Å². The number of hydrogen-bond donors (Lipinski definition) is 4. The van der Waals surface area contributed by atoms with E-state index in [2.05, 4.69) is 27.8 Å². The normalized spacial score (nSPS) is 16.3. The number of anilines is 1. The number of ether oxygens (including phenoxy) is 6. The maximum absolute atomic E-state index is 14.7. The number of para-hydroxylation sites is 1. The van der Waals surface area contributed by atoms with E-state index in [0.29, 0.717) is 58.8 Å². The van der Waals surface area contributed by atoms with E-state index in [-0.39, 0.29) is 112 Å². The van der Waals surface area contributed by atoms with Crippen molar-refractivity contribution in [3.05, 3.63) is 101 Å². The van der Waals surface area contributed by atoms with Crippen LogP contribution in [0.1, 0.15) is 116 Å². The van der Waals surface area contributed by atoms with E-state index in [4.69, 9.17) is 28.4 Å². The van der Waals surface area contributed by atoms with Crippen LogP contribution >= 0.6 is 0 Å². The number of likely N-dealkylation sites (tertiary alicyclic amines) is 1. The summed E-state index contributed by atoms with van der Waals surface area (Å²) >= 11 is 0. The summed E-state index contributed by atoms with van der Waals surface area (Å²) in [6.45, 7) is 16.1. The number of hydrogen-bond acceptors (Lipinski definition) is 14. The molecule has 7 amide bonds. The number of carboxylic acid groups (broad SMARTS) is 1. The predicted octanol–water partition coefficient (Wildman–Crippen LogP) is 5.64. The maximum atomic E-state index is 14.7. The Bertz CT molecular complexity index is 2900. The molecule has 2 heterocycles. The summed E-state index contributed by atoms with van der Waals surface area (Å²) in [6, 6.07) is 20.1. The Morgan fingerprint density at radius 1 is 0.670 bits per heavy atom. The van der Waals surface area contributed by atoms with E-state index in [1.165, 1.54) is 19.1 Å². The Morgan fingerprint density at radius 2 is 1.27 bits per heavy atom. The van der Waals surface area contributed by atoms with Crippen LogP contribution in [0.2, 0.25) is 0 Å². The third-order valence-electron chi connectivity index (χ3n) is 17.0. The number of nitrogens with zero attached hydrogens (tertiary/aromatic N) is 4. The van der Waals surface area contributed by atoms with Crippen LogP contribution in [0.15, 0.2) is 78.9 Å². The van der Waals surface area contributed by atoms with Crippen molar-refractivity contribution < 1.29 is 71.9 Å². The monoisotopic (exact) mass is 1270 g/mol. The molecule has 1 saturated heterocycles. The highest BCUT2D eigenvalue weighted by Crippen LogP contribution is 2.31. The first-order valence-electron chi connectivity index (χ1n) is 31.9. The predicted molar refractivity (Wildman–Crippen MR) is 344 cm³/mol. The number of nitrogens with one attached hydrogen (secondary N) is 3. The first kappa shape index (κ1) is 74.5. The van der Waals surface area contributed by atoms with Gasteiger partial charge in [-0.1, -0.05) is 127 Å². The van der Waals surface area contributed by atoms with Crippen molar-refractivity contribution in [2.45, 2.75) is 149 Å². The van der Waals surface area contributed by atoms with E-state index < -0.39 is 66.1 Å². The second kappa shape index (κ2) is 38.6. The summed E-state index contributed by atoms with van der Waals surface area (Å²) in [5.74, 6) is 1.23. The number of carbonyl (C=O) groups excluding carboxylic acids is 7. The fourth-order valence-electron chi connectivity index (χ4n) is 11.7. The van der Waals surface area contributed by atoms with Gasteiger partial charge >= 0.3 is 5.97 Å². The summed E-state index contributed by atoms with van der Waals surface area (Å²) in [5.41, 5.74) is 4.05. The maximum Gasteiger partial charge on any atom is 0.326 e. The molecule has 0 spiro atoms. The van der Waals surface area contributed by atoms with Gasteiger partial charge in [0.2, 0.25) is 41.4 Å². The number of carboxylic acids is 1. The Morgan fingerprint density at radius 3 is 1.89 bits per heavy atom. The zero-order chi connectivity index (χ0) is 66.6. The van der Waals surface area contributed by atoms with Crippen molar-refractivity contribution in [3.63, 3.8) is 0 Å². The van der Waals surface area contributed by atoms with Gasteiger partial charge in [0.05, 0.1) is 108 Å². The second-order valence-electron chi connectivity index (χ2n) is 24.1. The van der Waals surface area contributed by atoms with Crippen LogP contribution in [0.5, 0.6) is 0 Å². The molecule has 2 aliphatic heterocycles. The molecule has 0 saturated carbocycles. The highest BCUT2D eigenvalue weighted by molar-refractivity contribution is 5.97. The first-order chi connectivity index (χ1) is 43.6. The number of amides is 7. The molecule has 2 unspecified atom stereocenters. The van der Waals surface area contributed by atoms with Crippen molar-refractivity contribution in [3.8, 4) is 11.8 Å². The molecular formula is C69H99N7O15. The Labute approximate surface area is 538 Å². The van der Waals surface area contributed by atoms with Crippen LogP contribution in [0, 0.1) is 35.5 Å². The highest BCUT2D eigenvalue weighted by Gasteiger charge is 2.44. The van der Waals surface area contributed by atoms with E-state index in [1.807, 2.05) is 96.1 Å². The molecule has 1 fully saturated rings. The lowest BCUT2D eigenvalue weighted by atomic mass is 9.89. The van der Waals surface area contributed by atoms with E-state index in [9.17, 15) is 43.5 Å². The average Bonchev–Trinajstić information content (AvgIpc) is 1.76. The summed E-state index contributed by atoms with van der Waals surface area (Å²) in [7, 11) is 6.19. The molecule has 500 valence electrons. The van der Waals surface area contributed by atoms with Crippen molar-refractivity contribution in [2.24, 2.45) is 23.7 Å². The molecule has 0 bridgehead atoms. The minimum atomic E-state index is -1.17. The number of methoxy groups -OCH3 is 2. The van der Waals surface area contributed by atoms with E-state index in [0.717, 1.165) is 27.9 Å². The van der Waals surface area contributed by atoms with Gasteiger partial charge in [-0.3, -0.25) is 33.6 Å². The molecule has 0 aromatic heterocycles. The Balaban J connectivity index is 0.989. The van der Waals surface area contributed by atoms with E-state index in [1.54, 1.807) is 60.0 Å². The minimum Gasteiger partial charge on any atom is -0.480 e. The summed E-state index contributed by atoms with van der Waals surface area (Å²) < 4.78 is 34.5. The summed E-state index contributed by atoms with van der Waals surface area (Å²) in [6.07, 6.45) is 0.430. The number of carbonyl (C=O) groups is 8. The molecule has 22 nitrogen and oxygen atoms in total. The summed E-state index contributed by atoms with van der Waals surface area (Å²) in [5, 5.41) is 18.5.